The van der Waals surface area contributed by atoms with Crippen LogP contribution >= 0.6 is 0 Å². The molecule has 2 rings (SSSR count). The molecule has 2 aromatic rings. The highest BCUT2D eigenvalue weighted by Gasteiger charge is 2.14. The van der Waals surface area contributed by atoms with Gasteiger partial charge in [0.05, 0.1) is 17.6 Å². The fourth-order valence-electron chi connectivity index (χ4n) is 2.18. The van der Waals surface area contributed by atoms with Gasteiger partial charge in [-0.05, 0) is 17.7 Å². The molecule has 1 atom stereocenters. The number of nitrogens with one attached hydrogen (secondary N) is 1. The van der Waals surface area contributed by atoms with Gasteiger partial charge in [-0.25, -0.2) is 4.68 Å². The summed E-state index contributed by atoms with van der Waals surface area (Å²) < 4.78 is 1.63. The summed E-state index contributed by atoms with van der Waals surface area (Å²) in [4.78, 5) is 25.7. The van der Waals surface area contributed by atoms with Crippen molar-refractivity contribution in [3.8, 4) is 5.69 Å². The van der Waals surface area contributed by atoms with Crippen molar-refractivity contribution in [1.82, 2.24) is 20.3 Å². The van der Waals surface area contributed by atoms with Gasteiger partial charge in [0.15, 0.2) is 5.96 Å². The van der Waals surface area contributed by atoms with E-state index in [4.69, 9.17) is 17.2 Å². The Labute approximate surface area is 144 Å². The van der Waals surface area contributed by atoms with Gasteiger partial charge in [0, 0.05) is 19.4 Å². The number of hydrogen-bond donors (Lipinski definition) is 4. The van der Waals surface area contributed by atoms with Gasteiger partial charge in [-0.2, -0.15) is 0 Å². The highest BCUT2D eigenvalue weighted by atomic mass is 16.2. The number of rotatable bonds is 9. The van der Waals surface area contributed by atoms with Crippen molar-refractivity contribution in [2.24, 2.45) is 22.2 Å². The molecule has 10 heteroatoms. The number of aromatic nitrogens is 3. The fraction of sp³-hybridized carbons (Fsp3) is 0.267. The first-order valence-electron chi connectivity index (χ1n) is 7.54. The number of carbonyl (C=O) groups excluding carboxylic acids is 2. The van der Waals surface area contributed by atoms with Crippen LogP contribution in [0.4, 0.5) is 0 Å². The Balaban J connectivity index is 2.02. The summed E-state index contributed by atoms with van der Waals surface area (Å²) in [5.41, 5.74) is 18.2. The van der Waals surface area contributed by atoms with E-state index >= 15 is 0 Å². The van der Waals surface area contributed by atoms with Crippen molar-refractivity contribution in [1.29, 1.82) is 0 Å². The normalized spacial score (nSPS) is 11.5. The van der Waals surface area contributed by atoms with Crippen molar-refractivity contribution in [2.75, 3.05) is 6.54 Å². The van der Waals surface area contributed by atoms with E-state index in [1.807, 2.05) is 24.3 Å². The van der Waals surface area contributed by atoms with Crippen LogP contribution in [-0.2, 0) is 22.4 Å². The Hall–Kier alpha value is -3.43. The maximum absolute atomic E-state index is 11.3. The molecule has 0 fully saturated rings. The summed E-state index contributed by atoms with van der Waals surface area (Å²) >= 11 is 0. The molecule has 1 heterocycles. The SMILES string of the molecule is NC(=O)[C@H](Cc1ccc(-n2cc(CCN=C(N)N)nn2)cc1)NC=O. The van der Waals surface area contributed by atoms with Gasteiger partial charge in [-0.1, -0.05) is 17.3 Å². The molecule has 25 heavy (non-hydrogen) atoms. The van der Waals surface area contributed by atoms with Crippen molar-refractivity contribution in [2.45, 2.75) is 18.9 Å². The molecule has 0 radical (unpaired) electrons. The highest BCUT2D eigenvalue weighted by Crippen LogP contribution is 2.11. The molecular weight excluding hydrogens is 324 g/mol. The molecule has 0 spiro atoms. The second kappa shape index (κ2) is 8.43. The second-order valence-electron chi connectivity index (χ2n) is 5.32. The number of primary amides is 1. The van der Waals surface area contributed by atoms with E-state index in [0.29, 0.717) is 25.8 Å². The average molecular weight is 344 g/mol. The zero-order chi connectivity index (χ0) is 18.2. The van der Waals surface area contributed by atoms with Crippen molar-refractivity contribution in [3.05, 3.63) is 41.7 Å². The van der Waals surface area contributed by atoms with Crippen LogP contribution in [0, 0.1) is 0 Å². The molecule has 0 bridgehead atoms. The number of hydrogen-bond acceptors (Lipinski definition) is 5. The van der Waals surface area contributed by atoms with Gasteiger partial charge >= 0.3 is 0 Å². The minimum atomic E-state index is -0.739. The first kappa shape index (κ1) is 17.9. The molecular formula is C15H20N8O2. The van der Waals surface area contributed by atoms with Crippen LogP contribution in [0.5, 0.6) is 0 Å². The molecule has 2 amide bonds. The molecule has 0 unspecified atom stereocenters. The lowest BCUT2D eigenvalue weighted by Gasteiger charge is -2.12. The predicted octanol–water partition coefficient (Wildman–Crippen LogP) is -1.77. The van der Waals surface area contributed by atoms with Crippen LogP contribution in [0.1, 0.15) is 11.3 Å². The third kappa shape index (κ3) is 5.30. The molecule has 7 N–H and O–H groups in total. The first-order chi connectivity index (χ1) is 12.0. The van der Waals surface area contributed by atoms with Gasteiger partial charge < -0.3 is 22.5 Å². The summed E-state index contributed by atoms with van der Waals surface area (Å²) in [6.07, 6.45) is 3.14. The lowest BCUT2D eigenvalue weighted by molar-refractivity contribution is -0.122. The van der Waals surface area contributed by atoms with E-state index in [1.54, 1.807) is 10.9 Å². The van der Waals surface area contributed by atoms with E-state index in [2.05, 4.69) is 20.6 Å². The summed E-state index contributed by atoms with van der Waals surface area (Å²) in [6, 6.07) is 6.60. The van der Waals surface area contributed by atoms with E-state index < -0.39 is 11.9 Å². The smallest absolute Gasteiger partial charge is 0.240 e. The van der Waals surface area contributed by atoms with Gasteiger partial charge in [-0.15, -0.1) is 5.10 Å². The minimum Gasteiger partial charge on any atom is -0.370 e. The zero-order valence-electron chi connectivity index (χ0n) is 13.5. The molecule has 0 aliphatic heterocycles. The van der Waals surface area contributed by atoms with Crippen molar-refractivity contribution >= 4 is 18.3 Å². The van der Waals surface area contributed by atoms with Crippen molar-refractivity contribution < 1.29 is 9.59 Å². The average Bonchev–Trinajstić information content (AvgIpc) is 3.03. The number of nitrogens with zero attached hydrogens (tertiary/aromatic N) is 4. The minimum absolute atomic E-state index is 0.0429. The molecule has 0 saturated carbocycles. The van der Waals surface area contributed by atoms with Crippen LogP contribution in [-0.4, -0.2) is 45.9 Å². The summed E-state index contributed by atoms with van der Waals surface area (Å²) in [5.74, 6) is -0.542. The molecule has 132 valence electrons. The quantitative estimate of drug-likeness (QED) is 0.238. The van der Waals surface area contributed by atoms with Crippen LogP contribution in [0.25, 0.3) is 5.69 Å². The molecule has 1 aromatic heterocycles. The number of guanidine groups is 1. The predicted molar refractivity (Wildman–Crippen MR) is 91.6 cm³/mol. The van der Waals surface area contributed by atoms with Crippen LogP contribution < -0.4 is 22.5 Å². The zero-order valence-corrected chi connectivity index (χ0v) is 13.5. The Kier molecular flexibility index (Phi) is 6.04. The summed E-state index contributed by atoms with van der Waals surface area (Å²) in [7, 11) is 0. The molecule has 0 aliphatic carbocycles. The largest absolute Gasteiger partial charge is 0.370 e. The van der Waals surface area contributed by atoms with Crippen LogP contribution in [0.15, 0.2) is 35.5 Å². The monoisotopic (exact) mass is 344 g/mol. The molecule has 10 nitrogen and oxygen atoms in total. The van der Waals surface area contributed by atoms with E-state index in [-0.39, 0.29) is 5.96 Å². The summed E-state index contributed by atoms with van der Waals surface area (Å²) in [6.45, 7) is 0.443. The molecule has 0 aliphatic rings. The van der Waals surface area contributed by atoms with Crippen LogP contribution in [0.3, 0.4) is 0 Å². The van der Waals surface area contributed by atoms with E-state index in [9.17, 15) is 9.59 Å². The number of benzene rings is 1. The van der Waals surface area contributed by atoms with Gasteiger partial charge in [0.2, 0.25) is 12.3 Å². The van der Waals surface area contributed by atoms with E-state index in [1.165, 1.54) is 0 Å². The van der Waals surface area contributed by atoms with E-state index in [0.717, 1.165) is 16.9 Å². The second-order valence-corrected chi connectivity index (χ2v) is 5.32. The number of nitrogens with two attached hydrogens (primary N) is 3. The van der Waals surface area contributed by atoms with Gasteiger partial charge in [0.1, 0.15) is 6.04 Å². The fourth-order valence-corrected chi connectivity index (χ4v) is 2.18. The standard InChI is InChI=1S/C15H20N8O2/c16-14(25)13(20-9-24)7-10-1-3-12(4-2-10)23-8-11(21-22-23)5-6-19-15(17)18/h1-4,8-9,13H,5-7H2,(H2,16,25)(H,20,24)(H4,17,18,19)/t13-/m0/s1. The molecule has 1 aromatic carbocycles. The number of amides is 2. The Morgan fingerprint density at radius 2 is 2.00 bits per heavy atom. The first-order valence-corrected chi connectivity index (χ1v) is 7.54. The topological polar surface area (TPSA) is 167 Å². The van der Waals surface area contributed by atoms with Crippen molar-refractivity contribution in [3.63, 3.8) is 0 Å². The maximum Gasteiger partial charge on any atom is 0.240 e. The Bertz CT molecular complexity index is 749. The Morgan fingerprint density at radius 3 is 2.60 bits per heavy atom. The van der Waals surface area contributed by atoms with Crippen LogP contribution in [0.2, 0.25) is 0 Å². The molecule has 0 saturated heterocycles. The third-order valence-corrected chi connectivity index (χ3v) is 3.46. The number of carbonyl (C=O) groups is 2. The summed E-state index contributed by atoms with van der Waals surface area (Å²) in [5, 5.41) is 10.5. The lowest BCUT2D eigenvalue weighted by Crippen LogP contribution is -2.42. The maximum atomic E-state index is 11.3. The third-order valence-electron chi connectivity index (χ3n) is 3.46. The Morgan fingerprint density at radius 1 is 1.28 bits per heavy atom. The number of aliphatic imine (C=N–C) groups is 1. The lowest BCUT2D eigenvalue weighted by atomic mass is 10.1. The van der Waals surface area contributed by atoms with Gasteiger partial charge in [0.25, 0.3) is 0 Å². The highest BCUT2D eigenvalue weighted by molar-refractivity contribution is 5.82. The van der Waals surface area contributed by atoms with Gasteiger partial charge in [-0.3, -0.25) is 14.6 Å².